The van der Waals surface area contributed by atoms with Crippen molar-refractivity contribution in [1.29, 1.82) is 0 Å². The highest BCUT2D eigenvalue weighted by molar-refractivity contribution is 6.30. The third-order valence-corrected chi connectivity index (χ3v) is 4.37. The molecule has 7 nitrogen and oxygen atoms in total. The number of carbonyl (C=O) groups excluding carboxylic acids is 2. The third-order valence-electron chi connectivity index (χ3n) is 4.12. The molecule has 130 valence electrons. The molecule has 0 spiro atoms. The van der Waals surface area contributed by atoms with Crippen molar-refractivity contribution >= 4 is 23.4 Å². The van der Waals surface area contributed by atoms with Crippen molar-refractivity contribution in [2.45, 2.75) is 18.9 Å². The van der Waals surface area contributed by atoms with Gasteiger partial charge in [-0.15, -0.1) is 0 Å². The maximum Gasteiger partial charge on any atom is 0.271 e. The highest BCUT2D eigenvalue weighted by atomic mass is 35.5. The van der Waals surface area contributed by atoms with Crippen LogP contribution in [0.1, 0.15) is 33.7 Å². The fraction of sp³-hybridized carbons (Fsp3) is 0.294. The molecular formula is C17H17ClN4O3. The molecule has 8 heteroatoms. The zero-order chi connectivity index (χ0) is 17.8. The molecule has 0 bridgehead atoms. The molecule has 25 heavy (non-hydrogen) atoms. The average molecular weight is 361 g/mol. The number of piperidine rings is 1. The Balaban J connectivity index is 1.54. The topological polar surface area (TPSA) is 95.2 Å². The van der Waals surface area contributed by atoms with Crippen molar-refractivity contribution in [3.8, 4) is 0 Å². The highest BCUT2D eigenvalue weighted by Crippen LogP contribution is 2.16. The standard InChI is InChI=1S/C17H17ClN4O3/c18-12-3-1-11(2-4-12)17(25)22-9-7-13(8-10-22)19-16(24)14-5-6-15(23)21-20-14/h1-6,13H,7-10H2,(H,19,24)(H,21,23). The van der Waals surface area contributed by atoms with Crippen LogP contribution >= 0.6 is 11.6 Å². The Morgan fingerprint density at radius 2 is 1.80 bits per heavy atom. The lowest BCUT2D eigenvalue weighted by Gasteiger charge is -2.32. The second kappa shape index (κ2) is 7.48. The van der Waals surface area contributed by atoms with Crippen LogP contribution < -0.4 is 10.9 Å². The number of amides is 2. The summed E-state index contributed by atoms with van der Waals surface area (Å²) >= 11 is 5.84. The lowest BCUT2D eigenvalue weighted by atomic mass is 10.0. The van der Waals surface area contributed by atoms with E-state index in [2.05, 4.69) is 15.5 Å². The molecule has 1 aliphatic rings. The summed E-state index contributed by atoms with van der Waals surface area (Å²) in [6, 6.07) is 9.41. The normalized spacial score (nSPS) is 15.0. The number of carbonyl (C=O) groups is 2. The summed E-state index contributed by atoms with van der Waals surface area (Å²) in [5.74, 6) is -0.373. The van der Waals surface area contributed by atoms with Gasteiger partial charge in [0.15, 0.2) is 0 Å². The second-order valence-electron chi connectivity index (χ2n) is 5.85. The van der Waals surface area contributed by atoms with E-state index in [1.165, 1.54) is 12.1 Å². The Morgan fingerprint density at radius 1 is 1.12 bits per heavy atom. The van der Waals surface area contributed by atoms with Crippen LogP contribution in [-0.4, -0.2) is 46.0 Å². The average Bonchev–Trinajstić information content (AvgIpc) is 2.63. The number of aromatic nitrogens is 2. The molecule has 2 aromatic rings. The predicted octanol–water partition coefficient (Wildman–Crippen LogP) is 1.46. The van der Waals surface area contributed by atoms with Gasteiger partial charge in [-0.3, -0.25) is 14.4 Å². The lowest BCUT2D eigenvalue weighted by Crippen LogP contribution is -2.46. The summed E-state index contributed by atoms with van der Waals surface area (Å²) in [6.07, 6.45) is 1.32. The van der Waals surface area contributed by atoms with Gasteiger partial charge < -0.3 is 10.2 Å². The molecule has 0 aliphatic carbocycles. The van der Waals surface area contributed by atoms with E-state index in [1.54, 1.807) is 29.2 Å². The Morgan fingerprint density at radius 3 is 2.40 bits per heavy atom. The lowest BCUT2D eigenvalue weighted by molar-refractivity contribution is 0.0697. The van der Waals surface area contributed by atoms with Gasteiger partial charge in [0.1, 0.15) is 5.69 Å². The number of hydrogen-bond donors (Lipinski definition) is 2. The minimum Gasteiger partial charge on any atom is -0.348 e. The smallest absolute Gasteiger partial charge is 0.271 e. The summed E-state index contributed by atoms with van der Waals surface area (Å²) in [5, 5.41) is 9.42. The van der Waals surface area contributed by atoms with Gasteiger partial charge in [0.05, 0.1) is 0 Å². The largest absolute Gasteiger partial charge is 0.348 e. The molecule has 0 unspecified atom stereocenters. The van der Waals surface area contributed by atoms with Crippen LogP contribution in [0.2, 0.25) is 5.02 Å². The molecule has 0 radical (unpaired) electrons. The van der Waals surface area contributed by atoms with Crippen molar-refractivity contribution in [2.24, 2.45) is 0 Å². The summed E-state index contributed by atoms with van der Waals surface area (Å²) in [4.78, 5) is 37.3. The van der Waals surface area contributed by atoms with Gasteiger partial charge in [-0.2, -0.15) is 5.10 Å². The van der Waals surface area contributed by atoms with Gasteiger partial charge in [-0.05, 0) is 43.2 Å². The van der Waals surface area contributed by atoms with Crippen LogP contribution in [0.4, 0.5) is 0 Å². The van der Waals surface area contributed by atoms with Gasteiger partial charge >= 0.3 is 0 Å². The number of rotatable bonds is 3. The Labute approximate surface area is 149 Å². The number of nitrogens with one attached hydrogen (secondary N) is 2. The number of nitrogens with zero attached hydrogens (tertiary/aromatic N) is 2. The third kappa shape index (κ3) is 4.24. The zero-order valence-electron chi connectivity index (χ0n) is 13.4. The van der Waals surface area contributed by atoms with Gasteiger partial charge in [-0.25, -0.2) is 5.10 Å². The molecule has 0 atom stereocenters. The van der Waals surface area contributed by atoms with Crippen LogP contribution in [-0.2, 0) is 0 Å². The summed E-state index contributed by atoms with van der Waals surface area (Å²) in [7, 11) is 0. The van der Waals surface area contributed by atoms with E-state index >= 15 is 0 Å². The fourth-order valence-corrected chi connectivity index (χ4v) is 2.86. The van der Waals surface area contributed by atoms with Gasteiger partial charge in [-0.1, -0.05) is 11.6 Å². The predicted molar refractivity (Wildman–Crippen MR) is 92.7 cm³/mol. The number of H-pyrrole nitrogens is 1. The molecule has 1 saturated heterocycles. The molecule has 2 heterocycles. The maximum absolute atomic E-state index is 12.4. The van der Waals surface area contributed by atoms with Crippen molar-refractivity contribution in [3.05, 3.63) is 63.0 Å². The first kappa shape index (κ1) is 17.2. The second-order valence-corrected chi connectivity index (χ2v) is 6.29. The van der Waals surface area contributed by atoms with Crippen molar-refractivity contribution in [1.82, 2.24) is 20.4 Å². The Bertz CT molecular complexity index is 806. The first-order valence-corrected chi connectivity index (χ1v) is 8.32. The Kier molecular flexibility index (Phi) is 5.14. The van der Waals surface area contributed by atoms with Crippen LogP contribution in [0.15, 0.2) is 41.2 Å². The molecule has 1 aromatic carbocycles. The first-order valence-electron chi connectivity index (χ1n) is 7.94. The van der Waals surface area contributed by atoms with Gasteiger partial charge in [0.2, 0.25) is 0 Å². The van der Waals surface area contributed by atoms with Crippen LogP contribution in [0.25, 0.3) is 0 Å². The van der Waals surface area contributed by atoms with Crippen molar-refractivity contribution < 1.29 is 9.59 Å². The van der Waals surface area contributed by atoms with Crippen LogP contribution in [0.5, 0.6) is 0 Å². The highest BCUT2D eigenvalue weighted by Gasteiger charge is 2.25. The Hall–Kier alpha value is -2.67. The van der Waals surface area contributed by atoms with E-state index in [0.717, 1.165) is 0 Å². The molecule has 3 rings (SSSR count). The molecule has 2 amide bonds. The minimum absolute atomic E-state index is 0.0319. The van der Waals surface area contributed by atoms with E-state index in [9.17, 15) is 14.4 Å². The fourth-order valence-electron chi connectivity index (χ4n) is 2.73. The van der Waals surface area contributed by atoms with E-state index in [1.807, 2.05) is 0 Å². The van der Waals surface area contributed by atoms with Crippen molar-refractivity contribution in [3.63, 3.8) is 0 Å². The number of benzene rings is 1. The summed E-state index contributed by atoms with van der Waals surface area (Å²) < 4.78 is 0. The van der Waals surface area contributed by atoms with E-state index < -0.39 is 0 Å². The molecule has 1 aliphatic heterocycles. The van der Waals surface area contributed by atoms with Gasteiger partial charge in [0, 0.05) is 35.8 Å². The monoisotopic (exact) mass is 360 g/mol. The number of hydrogen-bond acceptors (Lipinski definition) is 4. The number of likely N-dealkylation sites (tertiary alicyclic amines) is 1. The van der Waals surface area contributed by atoms with Gasteiger partial charge in [0.25, 0.3) is 17.4 Å². The first-order chi connectivity index (χ1) is 12.0. The van der Waals surface area contributed by atoms with Crippen LogP contribution in [0.3, 0.4) is 0 Å². The molecular weight excluding hydrogens is 344 g/mol. The molecule has 1 fully saturated rings. The van der Waals surface area contributed by atoms with E-state index in [-0.39, 0.29) is 29.1 Å². The number of aromatic amines is 1. The quantitative estimate of drug-likeness (QED) is 0.866. The van der Waals surface area contributed by atoms with E-state index in [0.29, 0.717) is 36.5 Å². The maximum atomic E-state index is 12.4. The van der Waals surface area contributed by atoms with Crippen molar-refractivity contribution in [2.75, 3.05) is 13.1 Å². The number of halogens is 1. The summed E-state index contributed by atoms with van der Waals surface area (Å²) in [5.41, 5.74) is 0.411. The van der Waals surface area contributed by atoms with Crippen LogP contribution in [0, 0.1) is 0 Å². The molecule has 2 N–H and O–H groups in total. The SMILES string of the molecule is O=C(NC1CCN(C(=O)c2ccc(Cl)cc2)CC1)c1ccc(=O)[nH]n1. The molecule has 0 saturated carbocycles. The minimum atomic E-state index is -0.356. The summed E-state index contributed by atoms with van der Waals surface area (Å²) in [6.45, 7) is 1.12. The van der Waals surface area contributed by atoms with E-state index in [4.69, 9.17) is 11.6 Å². The molecule has 1 aromatic heterocycles. The zero-order valence-corrected chi connectivity index (χ0v) is 14.1.